The molecule has 11 nitrogen and oxygen atoms in total. The summed E-state index contributed by atoms with van der Waals surface area (Å²) in [4.78, 5) is 56.3. The molecule has 18 heteroatoms. The van der Waals surface area contributed by atoms with E-state index in [1.807, 2.05) is 13.0 Å². The summed E-state index contributed by atoms with van der Waals surface area (Å²) in [5, 5.41) is 8.02. The van der Waals surface area contributed by atoms with Crippen LogP contribution in [0, 0.1) is 19.7 Å². The normalized spacial score (nSPS) is 10.9. The summed E-state index contributed by atoms with van der Waals surface area (Å²) in [5.74, 6) is -2.70. The summed E-state index contributed by atoms with van der Waals surface area (Å²) < 4.78 is 52.4. The van der Waals surface area contributed by atoms with Crippen molar-refractivity contribution in [1.82, 2.24) is 19.9 Å². The van der Waals surface area contributed by atoms with Gasteiger partial charge in [0, 0.05) is 53.1 Å². The van der Waals surface area contributed by atoms with Crippen molar-refractivity contribution in [3.8, 4) is 0 Å². The second-order valence-electron chi connectivity index (χ2n) is 11.4. The number of halogens is 5. The fourth-order valence-electron chi connectivity index (χ4n) is 4.83. The summed E-state index contributed by atoms with van der Waals surface area (Å²) in [6.45, 7) is 3.65. The van der Waals surface area contributed by atoms with E-state index in [0.717, 1.165) is 27.2 Å². The number of aromatic nitrogens is 4. The number of benzene rings is 3. The summed E-state index contributed by atoms with van der Waals surface area (Å²) in [6, 6.07) is 15.0. The third-order valence-electron chi connectivity index (χ3n) is 7.52. The van der Waals surface area contributed by atoms with Crippen LogP contribution in [-0.4, -0.2) is 37.7 Å². The molecule has 276 valence electrons. The quantitative estimate of drug-likeness (QED) is 0.0957. The predicted molar refractivity (Wildman–Crippen MR) is 204 cm³/mol. The molecule has 4 heterocycles. The number of carbonyl (C=O) groups is 3. The smallest absolute Gasteiger partial charge is 0.399 e. The highest BCUT2D eigenvalue weighted by Crippen LogP contribution is 2.31. The Balaban J connectivity index is 0.000000228. The fourth-order valence-corrected chi connectivity index (χ4v) is 6.54. The molecule has 4 aromatic heterocycles. The lowest BCUT2D eigenvalue weighted by Crippen LogP contribution is -2.15. The van der Waals surface area contributed by atoms with Crippen molar-refractivity contribution in [3.63, 3.8) is 0 Å². The molecular weight excluding hydrogens is 768 g/mol. The Hall–Kier alpha value is -6.04. The van der Waals surface area contributed by atoms with Crippen LogP contribution >= 0.6 is 35.1 Å². The van der Waals surface area contributed by atoms with Gasteiger partial charge in [0.1, 0.15) is 26.5 Å². The van der Waals surface area contributed by atoms with Crippen molar-refractivity contribution in [2.75, 3.05) is 21.7 Å². The van der Waals surface area contributed by atoms with Gasteiger partial charge in [0.2, 0.25) is 0 Å². The number of nitrogens with two attached hydrogens (primary N) is 1. The number of carbonyl (C=O) groups excluding carboxylic acids is 3. The SMILES string of the molecule is Cc1ccc(N)cc1NC(=O)c1cc2nccnc2s1.Cc1ccc(NC(=O)c2cc(F)cc(C(F)(F)F)c2)cc1NC(=O)c1cc2nccnc2s1.Cl. The van der Waals surface area contributed by atoms with Crippen LogP contribution in [0.3, 0.4) is 0 Å². The molecule has 0 atom stereocenters. The maximum atomic E-state index is 13.6. The van der Waals surface area contributed by atoms with E-state index < -0.39 is 34.9 Å². The maximum Gasteiger partial charge on any atom is 0.416 e. The van der Waals surface area contributed by atoms with E-state index in [-0.39, 0.29) is 24.0 Å². The van der Waals surface area contributed by atoms with Gasteiger partial charge < -0.3 is 21.7 Å². The van der Waals surface area contributed by atoms with E-state index in [9.17, 15) is 31.9 Å². The van der Waals surface area contributed by atoms with Gasteiger partial charge in [-0.05, 0) is 79.6 Å². The number of hydrogen-bond acceptors (Lipinski definition) is 10. The molecule has 0 aliphatic heterocycles. The highest BCUT2D eigenvalue weighted by atomic mass is 35.5. The molecule has 7 rings (SSSR count). The molecule has 0 spiro atoms. The molecule has 0 saturated heterocycles. The number of nitrogens with one attached hydrogen (secondary N) is 3. The van der Waals surface area contributed by atoms with Gasteiger partial charge >= 0.3 is 6.18 Å². The van der Waals surface area contributed by atoms with Crippen molar-refractivity contribution in [1.29, 1.82) is 0 Å². The maximum absolute atomic E-state index is 13.6. The summed E-state index contributed by atoms with van der Waals surface area (Å²) >= 11 is 2.48. The van der Waals surface area contributed by atoms with Crippen LogP contribution in [0.2, 0.25) is 0 Å². The summed E-state index contributed by atoms with van der Waals surface area (Å²) in [5.41, 5.74) is 8.86. The van der Waals surface area contributed by atoms with Gasteiger partial charge in [-0.15, -0.1) is 35.1 Å². The Labute approximate surface area is 318 Å². The number of nitrogens with zero attached hydrogens (tertiary/aromatic N) is 4. The van der Waals surface area contributed by atoms with Crippen molar-refractivity contribution in [2.24, 2.45) is 0 Å². The average molecular weight is 795 g/mol. The molecule has 3 aromatic carbocycles. The zero-order valence-corrected chi connectivity index (χ0v) is 30.4. The van der Waals surface area contributed by atoms with Crippen LogP contribution < -0.4 is 21.7 Å². The van der Waals surface area contributed by atoms with Gasteiger partial charge in [-0.2, -0.15) is 13.2 Å². The topological polar surface area (TPSA) is 165 Å². The van der Waals surface area contributed by atoms with Gasteiger partial charge in [-0.1, -0.05) is 12.1 Å². The standard InChI is InChI=1S/C22H14F4N4O2S.C14H12N4OS.ClH/c1-11-2-3-15(29-19(31)12-6-13(22(24,25)26)8-14(23)7-12)9-16(11)30-20(32)18-10-17-21(33-18)28-5-4-27-17;1-8-2-3-9(15)6-10(8)18-13(19)12-7-11-14(20-12)17-5-4-16-11;/h2-10H,1H3,(H,29,31)(H,30,32);2-7H,15H2,1H3,(H,18,19);1H. The molecular formula is C36H27ClF4N8O3S2. The highest BCUT2D eigenvalue weighted by Gasteiger charge is 2.32. The first-order valence-electron chi connectivity index (χ1n) is 15.4. The van der Waals surface area contributed by atoms with Crippen LogP contribution in [0.4, 0.5) is 40.3 Å². The van der Waals surface area contributed by atoms with Crippen LogP contribution in [0.25, 0.3) is 20.7 Å². The Morgan fingerprint density at radius 2 is 1.17 bits per heavy atom. The van der Waals surface area contributed by atoms with Gasteiger partial charge in [0.25, 0.3) is 17.7 Å². The van der Waals surface area contributed by atoms with E-state index in [0.29, 0.717) is 60.9 Å². The predicted octanol–water partition coefficient (Wildman–Crippen LogP) is 8.92. The number of fused-ring (bicyclic) bond motifs is 2. The van der Waals surface area contributed by atoms with Crippen LogP contribution in [0.1, 0.15) is 46.4 Å². The lowest BCUT2D eigenvalue weighted by molar-refractivity contribution is -0.137. The van der Waals surface area contributed by atoms with Gasteiger partial charge in [0.05, 0.1) is 15.3 Å². The molecule has 7 aromatic rings. The monoisotopic (exact) mass is 794 g/mol. The molecule has 0 aliphatic carbocycles. The van der Waals surface area contributed by atoms with Gasteiger partial charge in [-0.3, -0.25) is 24.4 Å². The summed E-state index contributed by atoms with van der Waals surface area (Å²) in [7, 11) is 0. The number of nitrogen functional groups attached to an aromatic ring is 1. The zero-order chi connectivity index (χ0) is 37.9. The number of hydrogen-bond donors (Lipinski definition) is 4. The van der Waals surface area contributed by atoms with E-state index >= 15 is 0 Å². The van der Waals surface area contributed by atoms with E-state index in [1.54, 1.807) is 49.6 Å². The third kappa shape index (κ3) is 9.30. The second-order valence-corrected chi connectivity index (χ2v) is 13.5. The molecule has 0 aliphatic rings. The molecule has 54 heavy (non-hydrogen) atoms. The number of rotatable bonds is 6. The van der Waals surface area contributed by atoms with Crippen molar-refractivity contribution in [2.45, 2.75) is 20.0 Å². The van der Waals surface area contributed by atoms with Crippen LogP contribution in [0.15, 0.2) is 91.5 Å². The van der Waals surface area contributed by atoms with Crippen molar-refractivity contribution < 1.29 is 31.9 Å². The van der Waals surface area contributed by atoms with Gasteiger partial charge in [-0.25, -0.2) is 14.4 Å². The number of thiophene rings is 2. The van der Waals surface area contributed by atoms with E-state index in [4.69, 9.17) is 5.73 Å². The van der Waals surface area contributed by atoms with Crippen LogP contribution in [-0.2, 0) is 6.18 Å². The molecule has 0 radical (unpaired) electrons. The Bertz CT molecular complexity index is 2460. The van der Waals surface area contributed by atoms with Crippen LogP contribution in [0.5, 0.6) is 0 Å². The molecule has 3 amide bonds. The average Bonchev–Trinajstić information content (AvgIpc) is 3.76. The Kier molecular flexibility index (Phi) is 11.8. The lowest BCUT2D eigenvalue weighted by Gasteiger charge is -2.12. The highest BCUT2D eigenvalue weighted by molar-refractivity contribution is 7.20. The molecule has 5 N–H and O–H groups in total. The fraction of sp³-hybridized carbons (Fsp3) is 0.0833. The third-order valence-corrected chi connectivity index (χ3v) is 9.58. The Morgan fingerprint density at radius 3 is 1.70 bits per heavy atom. The van der Waals surface area contributed by atoms with Crippen molar-refractivity contribution in [3.05, 3.63) is 129 Å². The number of alkyl halides is 3. The molecule has 0 fully saturated rings. The first-order valence-corrected chi connectivity index (χ1v) is 17.1. The minimum absolute atomic E-state index is 0. The van der Waals surface area contributed by atoms with E-state index in [2.05, 4.69) is 35.9 Å². The number of anilines is 4. The first kappa shape index (κ1) is 39.2. The lowest BCUT2D eigenvalue weighted by atomic mass is 10.1. The minimum atomic E-state index is -4.80. The second kappa shape index (κ2) is 16.3. The summed E-state index contributed by atoms with van der Waals surface area (Å²) in [6.07, 6.45) is 1.47. The van der Waals surface area contributed by atoms with Crippen molar-refractivity contribution >= 4 is 96.2 Å². The Morgan fingerprint density at radius 1 is 0.648 bits per heavy atom. The first-order chi connectivity index (χ1) is 25.2. The minimum Gasteiger partial charge on any atom is -0.399 e. The zero-order valence-electron chi connectivity index (χ0n) is 28.0. The molecule has 0 bridgehead atoms. The molecule has 0 unspecified atom stereocenters. The largest absolute Gasteiger partial charge is 0.416 e. The number of aryl methyl sites for hydroxylation is 2. The van der Waals surface area contributed by atoms with E-state index in [1.165, 1.54) is 35.9 Å². The molecule has 0 saturated carbocycles. The number of amides is 3. The van der Waals surface area contributed by atoms with Gasteiger partial charge in [0.15, 0.2) is 0 Å².